The lowest BCUT2D eigenvalue weighted by Gasteiger charge is -2.22. The zero-order valence-corrected chi connectivity index (χ0v) is 13.6. The van der Waals surface area contributed by atoms with Crippen molar-refractivity contribution in [2.45, 2.75) is 13.3 Å². The smallest absolute Gasteiger partial charge is 0.241 e. The number of carbonyl (C=O) groups is 1. The van der Waals surface area contributed by atoms with E-state index in [0.717, 1.165) is 18.0 Å². The molecule has 0 saturated heterocycles. The minimum absolute atomic E-state index is 0.0232. The Morgan fingerprint density at radius 2 is 2.15 bits per heavy atom. The van der Waals surface area contributed by atoms with E-state index in [2.05, 4.69) is 22.2 Å². The Labute approximate surface area is 124 Å². The molecular formula is C13H23N5OS. The lowest BCUT2D eigenvalue weighted by molar-refractivity contribution is -0.127. The molecule has 7 heteroatoms. The van der Waals surface area contributed by atoms with Gasteiger partial charge in [-0.2, -0.15) is 0 Å². The van der Waals surface area contributed by atoms with E-state index < -0.39 is 0 Å². The van der Waals surface area contributed by atoms with Crippen molar-refractivity contribution in [2.24, 2.45) is 4.99 Å². The zero-order chi connectivity index (χ0) is 15.1. The molecule has 0 aliphatic carbocycles. The lowest BCUT2D eigenvalue weighted by Crippen LogP contribution is -2.44. The second-order valence-corrected chi connectivity index (χ2v) is 6.04. The largest absolute Gasteiger partial charge is 0.347 e. The summed E-state index contributed by atoms with van der Waals surface area (Å²) in [5.41, 5.74) is 0. The molecule has 1 aromatic rings. The molecule has 0 fully saturated rings. The normalized spacial score (nSPS) is 11.3. The van der Waals surface area contributed by atoms with Gasteiger partial charge in [0.1, 0.15) is 0 Å². The molecule has 1 N–H and O–H groups in total. The molecule has 0 radical (unpaired) electrons. The summed E-state index contributed by atoms with van der Waals surface area (Å²) < 4.78 is 0. The van der Waals surface area contributed by atoms with Crippen LogP contribution >= 0.6 is 11.3 Å². The predicted octanol–water partition coefficient (Wildman–Crippen LogP) is 0.589. The highest BCUT2D eigenvalue weighted by atomic mass is 32.1. The number of amides is 1. The minimum Gasteiger partial charge on any atom is -0.347 e. The second-order valence-electron chi connectivity index (χ2n) is 4.73. The summed E-state index contributed by atoms with van der Waals surface area (Å²) in [4.78, 5) is 24.8. The van der Waals surface area contributed by atoms with Crippen LogP contribution in [0, 0.1) is 6.92 Å². The van der Waals surface area contributed by atoms with Crippen LogP contribution in [0.1, 0.15) is 9.88 Å². The molecule has 1 amide bonds. The van der Waals surface area contributed by atoms with E-state index in [4.69, 9.17) is 0 Å². The van der Waals surface area contributed by atoms with Crippen LogP contribution in [0.15, 0.2) is 11.2 Å². The number of aryl methyl sites for hydroxylation is 1. The molecular weight excluding hydrogens is 274 g/mol. The highest BCUT2D eigenvalue weighted by Crippen LogP contribution is 2.11. The van der Waals surface area contributed by atoms with E-state index in [-0.39, 0.29) is 12.5 Å². The van der Waals surface area contributed by atoms with Gasteiger partial charge in [0.2, 0.25) is 5.91 Å². The molecule has 0 saturated carbocycles. The van der Waals surface area contributed by atoms with Gasteiger partial charge in [0.05, 0.1) is 11.6 Å². The van der Waals surface area contributed by atoms with Crippen LogP contribution in [0.3, 0.4) is 0 Å². The Kier molecular flexibility index (Phi) is 6.44. The highest BCUT2D eigenvalue weighted by Gasteiger charge is 2.10. The first-order chi connectivity index (χ1) is 9.43. The number of carbonyl (C=O) groups excluding carboxylic acids is 1. The number of nitrogens with one attached hydrogen (secondary N) is 1. The first-order valence-electron chi connectivity index (χ1n) is 6.47. The summed E-state index contributed by atoms with van der Waals surface area (Å²) in [5.74, 6) is 0.739. The van der Waals surface area contributed by atoms with Crippen LogP contribution in [0.2, 0.25) is 0 Å². The van der Waals surface area contributed by atoms with Crippen LogP contribution < -0.4 is 5.32 Å². The second kappa shape index (κ2) is 7.84. The van der Waals surface area contributed by atoms with E-state index in [1.54, 1.807) is 37.4 Å². The van der Waals surface area contributed by atoms with Gasteiger partial charge in [0.15, 0.2) is 5.96 Å². The van der Waals surface area contributed by atoms with Gasteiger partial charge in [0.25, 0.3) is 0 Å². The number of guanidine groups is 1. The SMILES string of the molecule is CN=C(NCC(=O)N(C)C)N(C)CCc1ncc(C)s1. The number of hydrogen-bond acceptors (Lipinski definition) is 4. The van der Waals surface area contributed by atoms with Gasteiger partial charge < -0.3 is 15.1 Å². The Hall–Kier alpha value is -1.63. The summed E-state index contributed by atoms with van der Waals surface area (Å²) in [6, 6.07) is 0. The average molecular weight is 297 g/mol. The minimum atomic E-state index is 0.0232. The van der Waals surface area contributed by atoms with Crippen LogP contribution in [0.5, 0.6) is 0 Å². The molecule has 20 heavy (non-hydrogen) atoms. The number of thiazole rings is 1. The van der Waals surface area contributed by atoms with Gasteiger partial charge in [0, 0.05) is 52.2 Å². The Morgan fingerprint density at radius 1 is 1.45 bits per heavy atom. The van der Waals surface area contributed by atoms with E-state index in [0.29, 0.717) is 5.96 Å². The standard InChI is InChI=1S/C13H23N5OS/c1-10-8-15-11(20-10)6-7-18(5)13(14-2)16-9-12(19)17(3)4/h8H,6-7,9H2,1-5H3,(H,14,16). The molecule has 1 aromatic heterocycles. The average Bonchev–Trinajstić information content (AvgIpc) is 2.82. The van der Waals surface area contributed by atoms with Gasteiger partial charge in [-0.05, 0) is 6.92 Å². The van der Waals surface area contributed by atoms with Crippen LogP contribution in [0.4, 0.5) is 0 Å². The van der Waals surface area contributed by atoms with Crippen molar-refractivity contribution in [1.29, 1.82) is 0 Å². The van der Waals surface area contributed by atoms with Gasteiger partial charge >= 0.3 is 0 Å². The van der Waals surface area contributed by atoms with Crippen LogP contribution in [-0.2, 0) is 11.2 Å². The summed E-state index contributed by atoms with van der Waals surface area (Å²) in [5, 5.41) is 4.18. The monoisotopic (exact) mass is 297 g/mol. The van der Waals surface area contributed by atoms with Crippen LogP contribution in [0.25, 0.3) is 0 Å². The summed E-state index contributed by atoms with van der Waals surface area (Å²) in [6.07, 6.45) is 2.76. The maximum absolute atomic E-state index is 11.5. The van der Waals surface area contributed by atoms with Crippen molar-refractivity contribution >= 4 is 23.2 Å². The first kappa shape index (κ1) is 16.4. The first-order valence-corrected chi connectivity index (χ1v) is 7.29. The zero-order valence-electron chi connectivity index (χ0n) is 12.8. The molecule has 0 spiro atoms. The number of likely N-dealkylation sites (N-methyl/N-ethyl adjacent to an activating group) is 2. The van der Waals surface area contributed by atoms with Crippen molar-refractivity contribution in [1.82, 2.24) is 20.1 Å². The molecule has 112 valence electrons. The fraction of sp³-hybridized carbons (Fsp3) is 0.615. The fourth-order valence-corrected chi connectivity index (χ4v) is 2.36. The van der Waals surface area contributed by atoms with Crippen molar-refractivity contribution in [3.63, 3.8) is 0 Å². The van der Waals surface area contributed by atoms with E-state index >= 15 is 0 Å². The quantitative estimate of drug-likeness (QED) is 0.638. The van der Waals surface area contributed by atoms with Gasteiger partial charge in [-0.25, -0.2) is 4.98 Å². The fourth-order valence-electron chi connectivity index (χ4n) is 1.58. The maximum Gasteiger partial charge on any atom is 0.241 e. The van der Waals surface area contributed by atoms with Crippen molar-refractivity contribution in [3.05, 3.63) is 16.1 Å². The van der Waals surface area contributed by atoms with Gasteiger partial charge in [-0.3, -0.25) is 9.79 Å². The predicted molar refractivity (Wildman–Crippen MR) is 83.2 cm³/mol. The third kappa shape index (κ3) is 5.16. The van der Waals surface area contributed by atoms with Crippen molar-refractivity contribution < 1.29 is 4.79 Å². The molecule has 0 unspecified atom stereocenters. The van der Waals surface area contributed by atoms with Gasteiger partial charge in [-0.15, -0.1) is 11.3 Å². The van der Waals surface area contributed by atoms with E-state index in [9.17, 15) is 4.79 Å². The number of aliphatic imine (C=N–C) groups is 1. The molecule has 0 atom stereocenters. The molecule has 0 aliphatic heterocycles. The third-order valence-electron chi connectivity index (χ3n) is 2.80. The lowest BCUT2D eigenvalue weighted by atomic mass is 10.4. The van der Waals surface area contributed by atoms with E-state index in [1.165, 1.54) is 4.88 Å². The van der Waals surface area contributed by atoms with Crippen molar-refractivity contribution in [3.8, 4) is 0 Å². The summed E-state index contributed by atoms with van der Waals surface area (Å²) in [7, 11) is 7.14. The number of hydrogen-bond donors (Lipinski definition) is 1. The summed E-state index contributed by atoms with van der Waals surface area (Å²) in [6.45, 7) is 3.11. The number of nitrogens with zero attached hydrogens (tertiary/aromatic N) is 4. The molecule has 6 nitrogen and oxygen atoms in total. The number of rotatable bonds is 5. The molecule has 0 bridgehead atoms. The Morgan fingerprint density at radius 3 is 2.65 bits per heavy atom. The van der Waals surface area contributed by atoms with Crippen molar-refractivity contribution in [2.75, 3.05) is 41.3 Å². The van der Waals surface area contributed by atoms with Gasteiger partial charge in [-0.1, -0.05) is 0 Å². The third-order valence-corrected chi connectivity index (χ3v) is 3.77. The topological polar surface area (TPSA) is 60.8 Å². The number of aromatic nitrogens is 1. The molecule has 0 aromatic carbocycles. The highest BCUT2D eigenvalue weighted by molar-refractivity contribution is 7.11. The maximum atomic E-state index is 11.5. The van der Waals surface area contributed by atoms with E-state index in [1.807, 2.05) is 18.1 Å². The molecule has 1 rings (SSSR count). The Bertz CT molecular complexity index is 469. The molecule has 0 aliphatic rings. The van der Waals surface area contributed by atoms with Crippen LogP contribution in [-0.4, -0.2) is 67.9 Å². The summed E-state index contributed by atoms with van der Waals surface area (Å²) >= 11 is 1.71. The Balaban J connectivity index is 2.43. The molecule has 1 heterocycles.